The van der Waals surface area contributed by atoms with E-state index in [-0.39, 0.29) is 0 Å². The molecule has 4 heteroatoms. The number of nitrogens with one attached hydrogen (secondary N) is 1. The molecule has 1 heterocycles. The van der Waals surface area contributed by atoms with Crippen molar-refractivity contribution in [1.29, 1.82) is 0 Å². The Labute approximate surface area is 100 Å². The highest BCUT2D eigenvalue weighted by atomic mass is 32.1. The zero-order valence-electron chi connectivity index (χ0n) is 9.74. The topological polar surface area (TPSA) is 31.9 Å². The van der Waals surface area contributed by atoms with E-state index >= 15 is 0 Å². The summed E-state index contributed by atoms with van der Waals surface area (Å²) in [6, 6.07) is 6.20. The van der Waals surface area contributed by atoms with Crippen LogP contribution in [-0.4, -0.2) is 24.1 Å². The molecule has 0 aliphatic heterocycles. The minimum atomic E-state index is 0.675. The van der Waals surface area contributed by atoms with E-state index in [1.165, 1.54) is 0 Å². The second kappa shape index (κ2) is 4.22. The molecule has 0 radical (unpaired) electrons. The third-order valence-corrected chi connectivity index (χ3v) is 2.91. The van der Waals surface area contributed by atoms with Crippen molar-refractivity contribution in [3.05, 3.63) is 28.7 Å². The summed E-state index contributed by atoms with van der Waals surface area (Å²) in [5, 5.41) is 1.01. The van der Waals surface area contributed by atoms with Gasteiger partial charge in [-0.1, -0.05) is 19.1 Å². The van der Waals surface area contributed by atoms with Gasteiger partial charge in [-0.15, -0.1) is 0 Å². The van der Waals surface area contributed by atoms with Gasteiger partial charge in [-0.25, -0.2) is 4.98 Å². The number of hydrogen-bond donors (Lipinski definition) is 1. The fourth-order valence-corrected chi connectivity index (χ4v) is 1.91. The third kappa shape index (κ3) is 1.93. The summed E-state index contributed by atoms with van der Waals surface area (Å²) >= 11 is 5.30. The Balaban J connectivity index is 2.71. The number of aromatic amines is 1. The molecule has 1 aromatic carbocycles. The van der Waals surface area contributed by atoms with Gasteiger partial charge in [-0.2, -0.15) is 0 Å². The normalized spacial score (nSPS) is 10.7. The number of aromatic nitrogens is 2. The van der Waals surface area contributed by atoms with E-state index in [1.807, 2.05) is 14.1 Å². The van der Waals surface area contributed by atoms with Gasteiger partial charge in [0.15, 0.2) is 0 Å². The fourth-order valence-electron chi connectivity index (χ4n) is 1.63. The Kier molecular flexibility index (Phi) is 2.92. The van der Waals surface area contributed by atoms with Crippen molar-refractivity contribution >= 4 is 28.8 Å². The van der Waals surface area contributed by atoms with Crippen molar-refractivity contribution in [3.8, 4) is 0 Å². The Hall–Kier alpha value is -1.42. The number of H-pyrrole nitrogens is 1. The summed E-state index contributed by atoms with van der Waals surface area (Å²) in [7, 11) is 4.03. The second-order valence-electron chi connectivity index (χ2n) is 3.97. The molecular formula is C12H15N3S. The smallest absolute Gasteiger partial charge is 0.137 e. The Morgan fingerprint density at radius 3 is 2.75 bits per heavy atom. The average molecular weight is 233 g/mol. The van der Waals surface area contributed by atoms with Crippen LogP contribution < -0.4 is 4.90 Å². The molecule has 0 amide bonds. The van der Waals surface area contributed by atoms with Crippen LogP contribution in [0.15, 0.2) is 18.2 Å². The monoisotopic (exact) mass is 233 g/mol. The van der Waals surface area contributed by atoms with E-state index < -0.39 is 0 Å². The number of fused-ring (bicyclic) bond motifs is 1. The molecule has 2 aromatic rings. The van der Waals surface area contributed by atoms with Gasteiger partial charge in [0.1, 0.15) is 10.5 Å². The maximum Gasteiger partial charge on any atom is 0.137 e. The lowest BCUT2D eigenvalue weighted by Crippen LogP contribution is -2.08. The zero-order chi connectivity index (χ0) is 11.7. The maximum absolute atomic E-state index is 5.30. The summed E-state index contributed by atoms with van der Waals surface area (Å²) in [5.74, 6) is 0.940. The Morgan fingerprint density at radius 2 is 2.12 bits per heavy atom. The van der Waals surface area contributed by atoms with Crippen molar-refractivity contribution in [3.63, 3.8) is 0 Å². The van der Waals surface area contributed by atoms with Crippen molar-refractivity contribution in [2.75, 3.05) is 19.0 Å². The molecular weight excluding hydrogens is 218 g/mol. The van der Waals surface area contributed by atoms with E-state index in [0.717, 1.165) is 28.8 Å². The van der Waals surface area contributed by atoms with Crippen LogP contribution in [0.2, 0.25) is 0 Å². The quantitative estimate of drug-likeness (QED) is 0.809. The van der Waals surface area contributed by atoms with Crippen molar-refractivity contribution < 1.29 is 0 Å². The van der Waals surface area contributed by atoms with Gasteiger partial charge >= 0.3 is 0 Å². The number of anilines is 1. The molecule has 0 unspecified atom stereocenters. The average Bonchev–Trinajstić information content (AvgIpc) is 2.28. The minimum Gasteiger partial charge on any atom is -0.378 e. The summed E-state index contributed by atoms with van der Waals surface area (Å²) in [6.45, 7) is 2.06. The lowest BCUT2D eigenvalue weighted by molar-refractivity contribution is 0.955. The summed E-state index contributed by atoms with van der Waals surface area (Å²) in [5.41, 5.74) is 2.19. The number of nitrogens with zero attached hydrogens (tertiary/aromatic N) is 2. The maximum atomic E-state index is 5.30. The first-order chi connectivity index (χ1) is 7.61. The van der Waals surface area contributed by atoms with Crippen LogP contribution in [0, 0.1) is 4.64 Å². The van der Waals surface area contributed by atoms with E-state index in [4.69, 9.17) is 12.2 Å². The Morgan fingerprint density at radius 1 is 1.38 bits per heavy atom. The second-order valence-corrected chi connectivity index (χ2v) is 4.35. The van der Waals surface area contributed by atoms with Crippen molar-refractivity contribution in [2.45, 2.75) is 13.3 Å². The van der Waals surface area contributed by atoms with Gasteiger partial charge in [-0.3, -0.25) is 0 Å². The highest BCUT2D eigenvalue weighted by Crippen LogP contribution is 2.20. The van der Waals surface area contributed by atoms with Crippen LogP contribution in [-0.2, 0) is 6.42 Å². The first kappa shape index (κ1) is 11.1. The van der Waals surface area contributed by atoms with Crippen LogP contribution in [0.1, 0.15) is 12.7 Å². The predicted molar refractivity (Wildman–Crippen MR) is 70.6 cm³/mol. The van der Waals surface area contributed by atoms with E-state index in [0.29, 0.717) is 4.64 Å². The molecule has 3 nitrogen and oxygen atoms in total. The first-order valence-corrected chi connectivity index (χ1v) is 5.73. The molecule has 1 N–H and O–H groups in total. The molecule has 0 saturated carbocycles. The van der Waals surface area contributed by atoms with Crippen LogP contribution in [0.4, 0.5) is 5.69 Å². The van der Waals surface area contributed by atoms with Crippen molar-refractivity contribution in [1.82, 2.24) is 9.97 Å². The van der Waals surface area contributed by atoms with Gasteiger partial charge in [0.25, 0.3) is 0 Å². The molecule has 0 saturated heterocycles. The zero-order valence-corrected chi connectivity index (χ0v) is 10.6. The molecule has 16 heavy (non-hydrogen) atoms. The third-order valence-electron chi connectivity index (χ3n) is 2.60. The van der Waals surface area contributed by atoms with Crippen molar-refractivity contribution in [2.24, 2.45) is 0 Å². The summed E-state index contributed by atoms with van der Waals surface area (Å²) in [4.78, 5) is 9.71. The Bertz CT molecular complexity index is 572. The highest BCUT2D eigenvalue weighted by Gasteiger charge is 2.02. The van der Waals surface area contributed by atoms with Crippen LogP contribution in [0.3, 0.4) is 0 Å². The fraction of sp³-hybridized carbons (Fsp3) is 0.333. The molecule has 0 fully saturated rings. The summed E-state index contributed by atoms with van der Waals surface area (Å²) in [6.07, 6.45) is 0.870. The summed E-state index contributed by atoms with van der Waals surface area (Å²) < 4.78 is 0.675. The molecule has 0 spiro atoms. The highest BCUT2D eigenvalue weighted by molar-refractivity contribution is 7.71. The van der Waals surface area contributed by atoms with E-state index in [1.54, 1.807) is 0 Å². The van der Waals surface area contributed by atoms with Gasteiger partial charge < -0.3 is 9.88 Å². The largest absolute Gasteiger partial charge is 0.378 e. The molecule has 0 bridgehead atoms. The van der Waals surface area contributed by atoms with E-state index in [2.05, 4.69) is 40.0 Å². The molecule has 1 aromatic heterocycles. The van der Waals surface area contributed by atoms with Crippen LogP contribution >= 0.6 is 12.2 Å². The number of benzene rings is 1. The first-order valence-electron chi connectivity index (χ1n) is 5.32. The molecule has 2 rings (SSSR count). The number of hydrogen-bond acceptors (Lipinski definition) is 3. The molecule has 84 valence electrons. The lowest BCUT2D eigenvalue weighted by atomic mass is 10.2. The minimum absolute atomic E-state index is 0.675. The SMILES string of the molecule is CCc1nc(=S)c2cc(N(C)C)ccc2[nH]1. The number of rotatable bonds is 2. The van der Waals surface area contributed by atoms with Gasteiger partial charge in [-0.05, 0) is 18.2 Å². The van der Waals surface area contributed by atoms with Gasteiger partial charge in [0, 0.05) is 37.1 Å². The lowest BCUT2D eigenvalue weighted by Gasteiger charge is -2.13. The van der Waals surface area contributed by atoms with Gasteiger partial charge in [0.05, 0.1) is 0 Å². The van der Waals surface area contributed by atoms with Gasteiger partial charge in [0.2, 0.25) is 0 Å². The van der Waals surface area contributed by atoms with E-state index in [9.17, 15) is 0 Å². The van der Waals surface area contributed by atoms with Crippen LogP contribution in [0.5, 0.6) is 0 Å². The predicted octanol–water partition coefficient (Wildman–Crippen LogP) is 2.92. The number of aryl methyl sites for hydroxylation is 1. The molecule has 0 aliphatic rings. The standard InChI is InChI=1S/C12H15N3S/c1-4-11-13-10-6-5-8(15(2)3)7-9(10)12(16)14-11/h5-7H,4H2,1-3H3,(H,13,14,16). The van der Waals surface area contributed by atoms with Crippen LogP contribution in [0.25, 0.3) is 10.9 Å². The molecule has 0 atom stereocenters. The molecule has 0 aliphatic carbocycles.